The molecule has 4 rings (SSSR count). The first-order chi connectivity index (χ1) is 16.2. The van der Waals surface area contributed by atoms with Gasteiger partial charge in [0, 0.05) is 0 Å². The molecular weight excluding hydrogens is 428 g/mol. The first kappa shape index (κ1) is 23.3. The van der Waals surface area contributed by atoms with E-state index < -0.39 is 0 Å². The van der Waals surface area contributed by atoms with Gasteiger partial charge in [-0.1, -0.05) is 41.6 Å². The van der Waals surface area contributed by atoms with Crippen LogP contribution in [0, 0.1) is 41.5 Å². The molecule has 0 aliphatic heterocycles. The first-order valence-electron chi connectivity index (χ1n) is 11.3. The highest BCUT2D eigenvalue weighted by molar-refractivity contribution is 6.04. The molecule has 0 saturated heterocycles. The van der Waals surface area contributed by atoms with Crippen molar-refractivity contribution in [3.63, 3.8) is 0 Å². The zero-order chi connectivity index (χ0) is 24.4. The van der Waals surface area contributed by atoms with E-state index in [1.807, 2.05) is 62.7 Å². The molecule has 1 amide bonds. The molecule has 176 valence electrons. The highest BCUT2D eigenvalue weighted by Crippen LogP contribution is 2.25. The van der Waals surface area contributed by atoms with E-state index in [0.717, 1.165) is 28.3 Å². The summed E-state index contributed by atoms with van der Waals surface area (Å²) in [5.41, 5.74) is 7.66. The van der Waals surface area contributed by atoms with Crippen LogP contribution in [0.15, 0.2) is 47.0 Å². The van der Waals surface area contributed by atoms with Crippen molar-refractivity contribution < 1.29 is 14.1 Å². The van der Waals surface area contributed by atoms with Gasteiger partial charge < -0.3 is 14.6 Å². The molecule has 0 aliphatic rings. The van der Waals surface area contributed by atoms with Crippen LogP contribution in [0.5, 0.6) is 5.75 Å². The van der Waals surface area contributed by atoms with E-state index in [1.54, 1.807) is 6.92 Å². The molecule has 0 spiro atoms. The average Bonchev–Trinajstić information content (AvgIpc) is 3.30. The Kier molecular flexibility index (Phi) is 6.54. The Morgan fingerprint density at radius 2 is 1.79 bits per heavy atom. The van der Waals surface area contributed by atoms with Gasteiger partial charge in [0.1, 0.15) is 18.1 Å². The molecule has 0 saturated carbocycles. The van der Waals surface area contributed by atoms with Crippen molar-refractivity contribution in [1.29, 1.82) is 0 Å². The number of aromatic nitrogens is 3. The van der Waals surface area contributed by atoms with Crippen LogP contribution in [-0.2, 0) is 13.2 Å². The lowest BCUT2D eigenvalue weighted by atomic mass is 10.1. The molecule has 7 heteroatoms. The van der Waals surface area contributed by atoms with Crippen LogP contribution in [0.1, 0.15) is 55.5 Å². The van der Waals surface area contributed by atoms with Crippen molar-refractivity contribution in [1.82, 2.24) is 14.9 Å². The Balaban J connectivity index is 1.53. The largest absolute Gasteiger partial charge is 0.488 e. The summed E-state index contributed by atoms with van der Waals surface area (Å²) in [6.07, 6.45) is 0. The number of amides is 1. The van der Waals surface area contributed by atoms with E-state index in [-0.39, 0.29) is 18.2 Å². The predicted molar refractivity (Wildman–Crippen MR) is 131 cm³/mol. The summed E-state index contributed by atoms with van der Waals surface area (Å²) in [5.74, 6) is 0.980. The first-order valence-corrected chi connectivity index (χ1v) is 11.3. The number of carbonyl (C=O) groups is 1. The standard InChI is InChI=1S/C27H30N4O3/c1-16-11-12-18(3)24(13-16)33-15-23-21(6)34-30-26(23)27(32)28-25-19(4)29-31(20(25)5)14-22-10-8-7-9-17(22)2/h7-13H,14-15H2,1-6H3,(H,28,32). The average molecular weight is 459 g/mol. The van der Waals surface area contributed by atoms with Crippen molar-refractivity contribution in [2.45, 2.75) is 54.7 Å². The van der Waals surface area contributed by atoms with Gasteiger partial charge in [0.05, 0.1) is 29.2 Å². The number of hydrogen-bond acceptors (Lipinski definition) is 5. The zero-order valence-electron chi connectivity index (χ0n) is 20.5. The lowest BCUT2D eigenvalue weighted by Crippen LogP contribution is -2.16. The number of nitrogens with zero attached hydrogens (tertiary/aromatic N) is 3. The van der Waals surface area contributed by atoms with Crippen molar-refractivity contribution in [2.75, 3.05) is 5.32 Å². The van der Waals surface area contributed by atoms with E-state index >= 15 is 0 Å². The van der Waals surface area contributed by atoms with Crippen molar-refractivity contribution >= 4 is 11.6 Å². The Morgan fingerprint density at radius 3 is 2.56 bits per heavy atom. The van der Waals surface area contributed by atoms with E-state index in [4.69, 9.17) is 9.26 Å². The van der Waals surface area contributed by atoms with Gasteiger partial charge in [-0.3, -0.25) is 9.48 Å². The molecule has 2 aromatic carbocycles. The normalized spacial score (nSPS) is 11.0. The number of carbonyl (C=O) groups excluding carboxylic acids is 1. The van der Waals surface area contributed by atoms with Crippen molar-refractivity contribution in [2.24, 2.45) is 0 Å². The number of ether oxygens (including phenoxy) is 1. The maximum absolute atomic E-state index is 13.2. The highest BCUT2D eigenvalue weighted by atomic mass is 16.5. The highest BCUT2D eigenvalue weighted by Gasteiger charge is 2.23. The Morgan fingerprint density at radius 1 is 1.03 bits per heavy atom. The van der Waals surface area contributed by atoms with Crippen LogP contribution in [0.25, 0.3) is 0 Å². The summed E-state index contributed by atoms with van der Waals surface area (Å²) in [7, 11) is 0. The van der Waals surface area contributed by atoms with Crippen LogP contribution >= 0.6 is 0 Å². The molecule has 0 aliphatic carbocycles. The summed E-state index contributed by atoms with van der Waals surface area (Å²) < 4.78 is 13.3. The number of anilines is 1. The lowest BCUT2D eigenvalue weighted by Gasteiger charge is -2.11. The summed E-state index contributed by atoms with van der Waals surface area (Å²) in [6, 6.07) is 14.2. The number of rotatable bonds is 7. The molecule has 7 nitrogen and oxygen atoms in total. The van der Waals surface area contributed by atoms with Gasteiger partial charge in [-0.15, -0.1) is 0 Å². The summed E-state index contributed by atoms with van der Waals surface area (Å²) in [4.78, 5) is 13.2. The lowest BCUT2D eigenvalue weighted by molar-refractivity contribution is 0.101. The van der Waals surface area contributed by atoms with Gasteiger partial charge in [0.2, 0.25) is 0 Å². The fourth-order valence-electron chi connectivity index (χ4n) is 3.91. The predicted octanol–water partition coefficient (Wildman–Crippen LogP) is 5.60. The van der Waals surface area contributed by atoms with Crippen LogP contribution < -0.4 is 10.1 Å². The molecule has 1 N–H and O–H groups in total. The van der Waals surface area contributed by atoms with Gasteiger partial charge in [0.15, 0.2) is 5.69 Å². The molecule has 34 heavy (non-hydrogen) atoms. The quantitative estimate of drug-likeness (QED) is 0.390. The van der Waals surface area contributed by atoms with E-state index in [9.17, 15) is 4.79 Å². The molecule has 0 fully saturated rings. The van der Waals surface area contributed by atoms with E-state index in [0.29, 0.717) is 23.6 Å². The Hall–Kier alpha value is -3.87. The van der Waals surface area contributed by atoms with Gasteiger partial charge >= 0.3 is 0 Å². The topological polar surface area (TPSA) is 82.2 Å². The molecule has 4 aromatic rings. The van der Waals surface area contributed by atoms with E-state index in [2.05, 4.69) is 34.6 Å². The van der Waals surface area contributed by atoms with Crippen LogP contribution in [0.3, 0.4) is 0 Å². The smallest absolute Gasteiger partial charge is 0.278 e. The number of aryl methyl sites for hydroxylation is 5. The van der Waals surface area contributed by atoms with Gasteiger partial charge in [-0.05, 0) is 69.9 Å². The van der Waals surface area contributed by atoms with Crippen molar-refractivity contribution in [3.8, 4) is 5.75 Å². The monoisotopic (exact) mass is 458 g/mol. The minimum absolute atomic E-state index is 0.187. The molecular formula is C27H30N4O3. The fraction of sp³-hybridized carbons (Fsp3) is 0.296. The Labute approximate surface area is 199 Å². The third kappa shape index (κ3) is 4.73. The summed E-state index contributed by atoms with van der Waals surface area (Å²) >= 11 is 0. The third-order valence-corrected chi connectivity index (χ3v) is 6.12. The van der Waals surface area contributed by atoms with Crippen molar-refractivity contribution in [3.05, 3.63) is 93.1 Å². The van der Waals surface area contributed by atoms with E-state index in [1.165, 1.54) is 11.1 Å². The van der Waals surface area contributed by atoms with Gasteiger partial charge in [-0.2, -0.15) is 5.10 Å². The number of benzene rings is 2. The summed E-state index contributed by atoms with van der Waals surface area (Å²) in [6.45, 7) is 12.5. The Bertz CT molecular complexity index is 1350. The van der Waals surface area contributed by atoms with Crippen LogP contribution in [0.4, 0.5) is 5.69 Å². The second-order valence-corrected chi connectivity index (χ2v) is 8.71. The van der Waals surface area contributed by atoms with Crippen LogP contribution in [0.2, 0.25) is 0 Å². The molecule has 0 radical (unpaired) electrons. The maximum Gasteiger partial charge on any atom is 0.278 e. The minimum Gasteiger partial charge on any atom is -0.488 e. The second kappa shape index (κ2) is 9.55. The number of hydrogen-bond donors (Lipinski definition) is 1. The molecule has 0 bridgehead atoms. The van der Waals surface area contributed by atoms with Gasteiger partial charge in [-0.25, -0.2) is 0 Å². The molecule has 2 aromatic heterocycles. The fourth-order valence-corrected chi connectivity index (χ4v) is 3.91. The SMILES string of the molecule is Cc1ccc(C)c(OCc2c(C(=O)Nc3c(C)nn(Cc4ccccc4C)c3C)noc2C)c1. The molecule has 0 atom stereocenters. The molecule has 2 heterocycles. The minimum atomic E-state index is -0.349. The molecule has 0 unspecified atom stereocenters. The van der Waals surface area contributed by atoms with Crippen LogP contribution in [-0.4, -0.2) is 20.8 Å². The maximum atomic E-state index is 13.2. The second-order valence-electron chi connectivity index (χ2n) is 8.71. The van der Waals surface area contributed by atoms with Gasteiger partial charge in [0.25, 0.3) is 5.91 Å². The summed E-state index contributed by atoms with van der Waals surface area (Å²) in [5, 5.41) is 11.7. The zero-order valence-corrected chi connectivity index (χ0v) is 20.5. The third-order valence-electron chi connectivity index (χ3n) is 6.12. The number of nitrogens with one attached hydrogen (secondary N) is 1.